The van der Waals surface area contributed by atoms with E-state index in [-0.39, 0.29) is 5.97 Å². The Labute approximate surface area is 226 Å². The van der Waals surface area contributed by atoms with Crippen molar-refractivity contribution in [1.82, 2.24) is 0 Å². The second kappa shape index (κ2) is 20.7. The molecule has 0 N–H and O–H groups in total. The van der Waals surface area contributed by atoms with Gasteiger partial charge in [0.2, 0.25) is 0 Å². The van der Waals surface area contributed by atoms with Gasteiger partial charge in [-0.3, -0.25) is 0 Å². The van der Waals surface area contributed by atoms with E-state index in [0.717, 1.165) is 44.8 Å². The van der Waals surface area contributed by atoms with Gasteiger partial charge in [0.15, 0.2) is 0 Å². The number of esters is 1. The van der Waals surface area contributed by atoms with Gasteiger partial charge in [0, 0.05) is 6.61 Å². The molecule has 2 aromatic carbocycles. The van der Waals surface area contributed by atoms with Crippen LogP contribution in [0.5, 0.6) is 11.5 Å². The zero-order valence-electron chi connectivity index (χ0n) is 23.5. The molecular weight excluding hydrogens is 460 g/mol. The lowest BCUT2D eigenvalue weighted by Gasteiger charge is -2.08. The van der Waals surface area contributed by atoms with Crippen LogP contribution in [0.1, 0.15) is 120 Å². The molecule has 0 unspecified atom stereocenters. The minimum Gasteiger partial charge on any atom is -0.494 e. The summed E-state index contributed by atoms with van der Waals surface area (Å²) in [5.74, 6) is 0.990. The lowest BCUT2D eigenvalue weighted by molar-refractivity contribution is 0.0734. The molecule has 0 saturated heterocycles. The highest BCUT2D eigenvalue weighted by molar-refractivity contribution is 5.91. The Balaban J connectivity index is 1.58. The molecule has 4 nitrogen and oxygen atoms in total. The van der Waals surface area contributed by atoms with Gasteiger partial charge in [-0.25, -0.2) is 4.79 Å². The molecule has 0 radical (unpaired) electrons. The quantitative estimate of drug-likeness (QED) is 0.0899. The van der Waals surface area contributed by atoms with Gasteiger partial charge < -0.3 is 14.2 Å². The molecule has 37 heavy (non-hydrogen) atoms. The molecule has 2 rings (SSSR count). The van der Waals surface area contributed by atoms with Gasteiger partial charge in [-0.1, -0.05) is 103 Å². The highest BCUT2D eigenvalue weighted by atomic mass is 16.5. The summed E-state index contributed by atoms with van der Waals surface area (Å²) in [5.41, 5.74) is 1.70. The van der Waals surface area contributed by atoms with Crippen molar-refractivity contribution in [3.8, 4) is 11.5 Å². The summed E-state index contributed by atoms with van der Waals surface area (Å²) in [5, 5.41) is 0. The highest BCUT2D eigenvalue weighted by Gasteiger charge is 2.09. The first-order valence-electron chi connectivity index (χ1n) is 14.8. The first-order valence-corrected chi connectivity index (χ1v) is 14.8. The molecule has 206 valence electrons. The minimum absolute atomic E-state index is 0.357. The molecule has 2 aromatic rings. The van der Waals surface area contributed by atoms with E-state index in [2.05, 4.69) is 13.8 Å². The van der Waals surface area contributed by atoms with Crippen LogP contribution < -0.4 is 9.47 Å². The van der Waals surface area contributed by atoms with Crippen LogP contribution in [-0.4, -0.2) is 25.8 Å². The van der Waals surface area contributed by atoms with Gasteiger partial charge in [-0.05, 0) is 61.2 Å². The predicted octanol–water partition coefficient (Wildman–Crippen LogP) is 9.34. The Morgan fingerprint density at radius 3 is 1.68 bits per heavy atom. The van der Waals surface area contributed by atoms with E-state index in [1.807, 2.05) is 36.4 Å². The summed E-state index contributed by atoms with van der Waals surface area (Å²) in [7, 11) is 0. The summed E-state index contributed by atoms with van der Waals surface area (Å²) in [6, 6.07) is 14.9. The van der Waals surface area contributed by atoms with Crippen LogP contribution in [0.4, 0.5) is 0 Å². The first-order chi connectivity index (χ1) is 18.2. The number of benzene rings is 2. The van der Waals surface area contributed by atoms with Crippen molar-refractivity contribution in [2.24, 2.45) is 0 Å². The molecule has 0 amide bonds. The standard InChI is InChI=1S/C33H50O4/c1-3-5-7-9-11-12-14-16-27-36-31-23-19-30(20-24-31)33(34)37-32-21-17-29(18-22-32)25-28-35-26-15-13-10-8-6-4-2/h17-24H,3-16,25-28H2,1-2H3. The topological polar surface area (TPSA) is 44.8 Å². The Morgan fingerprint density at radius 2 is 1.08 bits per heavy atom. The fourth-order valence-corrected chi connectivity index (χ4v) is 4.28. The Morgan fingerprint density at radius 1 is 0.568 bits per heavy atom. The molecule has 0 aliphatic rings. The van der Waals surface area contributed by atoms with Crippen molar-refractivity contribution >= 4 is 5.97 Å². The van der Waals surface area contributed by atoms with Crippen LogP contribution >= 0.6 is 0 Å². The molecule has 0 heterocycles. The lowest BCUT2D eigenvalue weighted by atomic mass is 10.1. The fourth-order valence-electron chi connectivity index (χ4n) is 4.28. The predicted molar refractivity (Wildman–Crippen MR) is 154 cm³/mol. The second-order valence-corrected chi connectivity index (χ2v) is 10.0. The van der Waals surface area contributed by atoms with Crippen molar-refractivity contribution in [2.75, 3.05) is 19.8 Å². The van der Waals surface area contributed by atoms with E-state index in [1.165, 1.54) is 82.6 Å². The van der Waals surface area contributed by atoms with E-state index in [0.29, 0.717) is 11.3 Å². The molecule has 0 atom stereocenters. The zero-order chi connectivity index (χ0) is 26.4. The third-order valence-electron chi connectivity index (χ3n) is 6.67. The third-order valence-corrected chi connectivity index (χ3v) is 6.67. The molecule has 0 aliphatic heterocycles. The van der Waals surface area contributed by atoms with Crippen LogP contribution in [-0.2, 0) is 11.2 Å². The molecule has 0 aliphatic carbocycles. The van der Waals surface area contributed by atoms with Gasteiger partial charge >= 0.3 is 5.97 Å². The van der Waals surface area contributed by atoms with E-state index >= 15 is 0 Å². The van der Waals surface area contributed by atoms with Gasteiger partial charge in [0.05, 0.1) is 18.8 Å². The summed E-state index contributed by atoms with van der Waals surface area (Å²) >= 11 is 0. The summed E-state index contributed by atoms with van der Waals surface area (Å²) in [4.78, 5) is 12.5. The average Bonchev–Trinajstić information content (AvgIpc) is 2.92. The lowest BCUT2D eigenvalue weighted by Crippen LogP contribution is -2.08. The molecule has 0 aromatic heterocycles. The van der Waals surface area contributed by atoms with Crippen LogP contribution in [0.15, 0.2) is 48.5 Å². The number of hydrogen-bond acceptors (Lipinski definition) is 4. The van der Waals surface area contributed by atoms with Crippen molar-refractivity contribution in [3.05, 3.63) is 59.7 Å². The number of ether oxygens (including phenoxy) is 3. The SMILES string of the molecule is CCCCCCCCCCOc1ccc(C(=O)Oc2ccc(CCOCCCCCCCC)cc2)cc1. The number of hydrogen-bond donors (Lipinski definition) is 0. The van der Waals surface area contributed by atoms with Crippen molar-refractivity contribution in [1.29, 1.82) is 0 Å². The molecule has 0 fully saturated rings. The van der Waals surface area contributed by atoms with Crippen molar-refractivity contribution in [2.45, 2.75) is 110 Å². The van der Waals surface area contributed by atoms with Crippen molar-refractivity contribution < 1.29 is 19.0 Å². The number of unbranched alkanes of at least 4 members (excludes halogenated alkanes) is 12. The minimum atomic E-state index is -0.357. The maximum Gasteiger partial charge on any atom is 0.343 e. The second-order valence-electron chi connectivity index (χ2n) is 10.0. The Bertz CT molecular complexity index is 813. The van der Waals surface area contributed by atoms with Crippen LogP contribution in [0.25, 0.3) is 0 Å². The third kappa shape index (κ3) is 14.9. The van der Waals surface area contributed by atoms with E-state index < -0.39 is 0 Å². The maximum absolute atomic E-state index is 12.5. The molecule has 4 heteroatoms. The van der Waals surface area contributed by atoms with Crippen molar-refractivity contribution in [3.63, 3.8) is 0 Å². The van der Waals surface area contributed by atoms with Gasteiger partial charge in [0.1, 0.15) is 11.5 Å². The average molecular weight is 511 g/mol. The van der Waals surface area contributed by atoms with Gasteiger partial charge in [0.25, 0.3) is 0 Å². The molecule has 0 saturated carbocycles. The smallest absolute Gasteiger partial charge is 0.343 e. The largest absolute Gasteiger partial charge is 0.494 e. The molecule has 0 spiro atoms. The Hall–Kier alpha value is -2.33. The zero-order valence-corrected chi connectivity index (χ0v) is 23.5. The summed E-state index contributed by atoms with van der Waals surface area (Å²) < 4.78 is 17.1. The van der Waals surface area contributed by atoms with E-state index in [1.54, 1.807) is 12.1 Å². The van der Waals surface area contributed by atoms with Crippen LogP contribution in [0.3, 0.4) is 0 Å². The highest BCUT2D eigenvalue weighted by Crippen LogP contribution is 2.18. The fraction of sp³-hybridized carbons (Fsp3) is 0.606. The number of carbonyl (C=O) groups is 1. The summed E-state index contributed by atoms with van der Waals surface area (Å²) in [6.07, 6.45) is 18.8. The first kappa shape index (κ1) is 30.9. The monoisotopic (exact) mass is 510 g/mol. The van der Waals surface area contributed by atoms with Crippen LogP contribution in [0.2, 0.25) is 0 Å². The van der Waals surface area contributed by atoms with Gasteiger partial charge in [-0.15, -0.1) is 0 Å². The van der Waals surface area contributed by atoms with E-state index in [9.17, 15) is 4.79 Å². The molecular formula is C33H50O4. The van der Waals surface area contributed by atoms with Crippen LogP contribution in [0, 0.1) is 0 Å². The number of rotatable bonds is 22. The Kier molecular flexibility index (Phi) is 17.3. The number of carbonyl (C=O) groups excluding carboxylic acids is 1. The normalized spacial score (nSPS) is 11.0. The summed E-state index contributed by atoms with van der Waals surface area (Å²) in [6.45, 7) is 6.77. The maximum atomic E-state index is 12.5. The van der Waals surface area contributed by atoms with E-state index in [4.69, 9.17) is 14.2 Å². The van der Waals surface area contributed by atoms with Gasteiger partial charge in [-0.2, -0.15) is 0 Å². The molecule has 0 bridgehead atoms.